The quantitative estimate of drug-likeness (QED) is 0.361. The Morgan fingerprint density at radius 3 is 2.63 bits per heavy atom. The van der Waals surface area contributed by atoms with Crippen molar-refractivity contribution >= 4 is 23.3 Å². The van der Waals surface area contributed by atoms with Gasteiger partial charge in [0.25, 0.3) is 0 Å². The highest BCUT2D eigenvalue weighted by Crippen LogP contribution is 2.30. The van der Waals surface area contributed by atoms with E-state index in [1.165, 1.54) is 12.1 Å². The third-order valence-corrected chi connectivity index (χ3v) is 2.26. The second-order valence-corrected chi connectivity index (χ2v) is 3.70. The third kappa shape index (κ3) is 3.48. The summed E-state index contributed by atoms with van der Waals surface area (Å²) >= 11 is 0. The van der Waals surface area contributed by atoms with Gasteiger partial charge in [0.15, 0.2) is 5.75 Å². The van der Waals surface area contributed by atoms with Crippen LogP contribution in [0.1, 0.15) is 23.7 Å². The van der Waals surface area contributed by atoms with E-state index < -0.39 is 11.9 Å². The van der Waals surface area contributed by atoms with Crippen LogP contribution in [-0.4, -0.2) is 18.5 Å². The van der Waals surface area contributed by atoms with Crippen LogP contribution in [0.2, 0.25) is 0 Å². The molecule has 0 saturated heterocycles. The summed E-state index contributed by atoms with van der Waals surface area (Å²) < 4.78 is 9.86. The highest BCUT2D eigenvalue weighted by atomic mass is 16.5. The van der Waals surface area contributed by atoms with Crippen molar-refractivity contribution in [3.63, 3.8) is 0 Å². The van der Waals surface area contributed by atoms with E-state index in [0.29, 0.717) is 6.42 Å². The van der Waals surface area contributed by atoms with Crippen LogP contribution in [0.25, 0.3) is 0 Å². The van der Waals surface area contributed by atoms with E-state index in [9.17, 15) is 9.59 Å². The van der Waals surface area contributed by atoms with Crippen molar-refractivity contribution in [1.82, 2.24) is 0 Å². The monoisotopic (exact) mass is 264 g/mol. The molecule has 0 heterocycles. The number of hydrogen-bond donors (Lipinski definition) is 2. The van der Waals surface area contributed by atoms with Crippen molar-refractivity contribution in [3.05, 3.63) is 30.4 Å². The molecule has 0 unspecified atom stereocenters. The Morgan fingerprint density at radius 2 is 2.05 bits per heavy atom. The summed E-state index contributed by atoms with van der Waals surface area (Å²) in [6.07, 6.45) is 1.67. The topological polar surface area (TPSA) is 105 Å². The van der Waals surface area contributed by atoms with E-state index >= 15 is 0 Å². The Labute approximate surface area is 111 Å². The summed E-state index contributed by atoms with van der Waals surface area (Å²) in [5.74, 6) is -1.28. The molecule has 1 rings (SSSR count). The van der Waals surface area contributed by atoms with Gasteiger partial charge in [-0.05, 0) is 18.6 Å². The van der Waals surface area contributed by atoms with Gasteiger partial charge < -0.3 is 20.9 Å². The van der Waals surface area contributed by atoms with Gasteiger partial charge in [-0.2, -0.15) is 0 Å². The summed E-state index contributed by atoms with van der Waals surface area (Å²) in [4.78, 5) is 22.9. The second kappa shape index (κ2) is 6.44. The molecule has 1 aromatic carbocycles. The van der Waals surface area contributed by atoms with Crippen LogP contribution in [0.3, 0.4) is 0 Å². The van der Waals surface area contributed by atoms with E-state index in [0.717, 1.165) is 6.08 Å². The molecule has 6 heteroatoms. The van der Waals surface area contributed by atoms with Crippen LogP contribution in [0.4, 0.5) is 11.4 Å². The Hall–Kier alpha value is -2.50. The number of rotatable bonds is 5. The predicted octanol–water partition coefficient (Wildman–Crippen LogP) is 1.51. The van der Waals surface area contributed by atoms with Crippen molar-refractivity contribution < 1.29 is 19.1 Å². The number of ether oxygens (including phenoxy) is 2. The molecule has 102 valence electrons. The smallest absolute Gasteiger partial charge is 0.342 e. The summed E-state index contributed by atoms with van der Waals surface area (Å²) in [5, 5.41) is 0. The lowest BCUT2D eigenvalue weighted by atomic mass is 10.1. The van der Waals surface area contributed by atoms with Gasteiger partial charge in [0.2, 0.25) is 0 Å². The average Bonchev–Trinajstić information content (AvgIpc) is 2.39. The molecule has 0 atom stereocenters. The van der Waals surface area contributed by atoms with Gasteiger partial charge in [0.1, 0.15) is 5.56 Å². The standard InChI is InChI=1S/C13H16N2O4/c1-3-7-18-13(17)11-8(14)5-6-9(12(11)15)19-10(16)4-2/h4-6H,2-3,7,14-15H2,1H3. The molecule has 0 radical (unpaired) electrons. The fourth-order valence-electron chi connectivity index (χ4n) is 1.35. The Bertz CT molecular complexity index is 512. The van der Waals surface area contributed by atoms with Crippen LogP contribution >= 0.6 is 0 Å². The maximum atomic E-state index is 11.8. The zero-order valence-corrected chi connectivity index (χ0v) is 10.6. The molecule has 0 fully saturated rings. The molecule has 0 aliphatic rings. The van der Waals surface area contributed by atoms with E-state index in [1.54, 1.807) is 0 Å². The van der Waals surface area contributed by atoms with E-state index in [4.69, 9.17) is 20.9 Å². The lowest BCUT2D eigenvalue weighted by molar-refractivity contribution is -0.128. The second-order valence-electron chi connectivity index (χ2n) is 3.70. The van der Waals surface area contributed by atoms with Crippen molar-refractivity contribution in [3.8, 4) is 5.75 Å². The lowest BCUT2D eigenvalue weighted by Gasteiger charge is -2.12. The third-order valence-electron chi connectivity index (χ3n) is 2.26. The minimum Gasteiger partial charge on any atom is -0.462 e. The first-order chi connectivity index (χ1) is 9.01. The zero-order chi connectivity index (χ0) is 14.4. The number of carbonyl (C=O) groups excluding carboxylic acids is 2. The van der Waals surface area contributed by atoms with Crippen LogP contribution in [0, 0.1) is 0 Å². The van der Waals surface area contributed by atoms with Crippen molar-refractivity contribution in [2.24, 2.45) is 0 Å². The van der Waals surface area contributed by atoms with E-state index in [1.807, 2.05) is 6.92 Å². The number of benzene rings is 1. The van der Waals surface area contributed by atoms with Crippen LogP contribution in [0.15, 0.2) is 24.8 Å². The van der Waals surface area contributed by atoms with Crippen LogP contribution < -0.4 is 16.2 Å². The molecule has 4 N–H and O–H groups in total. The van der Waals surface area contributed by atoms with Crippen molar-refractivity contribution in [1.29, 1.82) is 0 Å². The molecular formula is C13H16N2O4. The van der Waals surface area contributed by atoms with Gasteiger partial charge in [-0.25, -0.2) is 9.59 Å². The average molecular weight is 264 g/mol. The molecule has 0 aromatic heterocycles. The van der Waals surface area contributed by atoms with Crippen LogP contribution in [-0.2, 0) is 9.53 Å². The Balaban J connectivity index is 3.09. The fraction of sp³-hybridized carbons (Fsp3) is 0.231. The summed E-state index contributed by atoms with van der Waals surface area (Å²) in [5.41, 5.74) is 11.6. The Morgan fingerprint density at radius 1 is 1.37 bits per heavy atom. The maximum Gasteiger partial charge on any atom is 0.342 e. The molecule has 1 aromatic rings. The number of nitrogen functional groups attached to an aromatic ring is 2. The molecular weight excluding hydrogens is 248 g/mol. The summed E-state index contributed by atoms with van der Waals surface area (Å²) in [6.45, 7) is 5.39. The minimum absolute atomic E-state index is 0.00260. The van der Waals surface area contributed by atoms with Crippen molar-refractivity contribution in [2.75, 3.05) is 18.1 Å². The lowest BCUT2D eigenvalue weighted by Crippen LogP contribution is -2.14. The molecule has 0 aliphatic carbocycles. The number of carbonyl (C=O) groups is 2. The summed E-state index contributed by atoms with van der Waals surface area (Å²) in [7, 11) is 0. The zero-order valence-electron chi connectivity index (χ0n) is 10.6. The van der Waals surface area contributed by atoms with Gasteiger partial charge in [0.05, 0.1) is 12.3 Å². The molecule has 0 bridgehead atoms. The molecule has 19 heavy (non-hydrogen) atoms. The Kier molecular flexibility index (Phi) is 4.93. The first-order valence-electron chi connectivity index (χ1n) is 5.70. The summed E-state index contributed by atoms with van der Waals surface area (Å²) in [6, 6.07) is 2.83. The minimum atomic E-state index is -0.677. The number of anilines is 2. The molecule has 0 aliphatic heterocycles. The molecule has 0 saturated carbocycles. The first-order valence-corrected chi connectivity index (χ1v) is 5.70. The highest BCUT2D eigenvalue weighted by molar-refractivity contribution is 6.02. The SMILES string of the molecule is C=CC(=O)Oc1ccc(N)c(C(=O)OCCC)c1N. The molecule has 6 nitrogen and oxygen atoms in total. The van der Waals surface area contributed by atoms with Gasteiger partial charge in [0, 0.05) is 11.8 Å². The van der Waals surface area contributed by atoms with E-state index in [2.05, 4.69) is 6.58 Å². The molecule has 0 spiro atoms. The maximum absolute atomic E-state index is 11.8. The largest absolute Gasteiger partial charge is 0.462 e. The predicted molar refractivity (Wildman–Crippen MR) is 71.7 cm³/mol. The van der Waals surface area contributed by atoms with Gasteiger partial charge in [-0.15, -0.1) is 0 Å². The fourth-order valence-corrected chi connectivity index (χ4v) is 1.35. The molecule has 0 amide bonds. The van der Waals surface area contributed by atoms with Crippen molar-refractivity contribution in [2.45, 2.75) is 13.3 Å². The normalized spacial score (nSPS) is 9.74. The van der Waals surface area contributed by atoms with Gasteiger partial charge in [-0.3, -0.25) is 0 Å². The highest BCUT2D eigenvalue weighted by Gasteiger charge is 2.19. The first kappa shape index (κ1) is 14.6. The number of nitrogens with two attached hydrogens (primary N) is 2. The van der Waals surface area contributed by atoms with Crippen LogP contribution in [0.5, 0.6) is 5.75 Å². The van der Waals surface area contributed by atoms with E-state index in [-0.39, 0.29) is 29.3 Å². The van der Waals surface area contributed by atoms with Gasteiger partial charge >= 0.3 is 11.9 Å². The van der Waals surface area contributed by atoms with Gasteiger partial charge in [-0.1, -0.05) is 13.5 Å². The number of hydrogen-bond acceptors (Lipinski definition) is 6. The number of esters is 2.